The van der Waals surface area contributed by atoms with Gasteiger partial charge < -0.3 is 10.6 Å². The Hall–Kier alpha value is -0.670. The Kier molecular flexibility index (Phi) is 4.12. The molecule has 2 N–H and O–H groups in total. The van der Waals surface area contributed by atoms with Gasteiger partial charge in [0, 0.05) is 22.9 Å². The lowest BCUT2D eigenvalue weighted by Gasteiger charge is -2.08. The molecule has 0 unspecified atom stereocenters. The fourth-order valence-corrected chi connectivity index (χ4v) is 2.04. The van der Waals surface area contributed by atoms with Crippen LogP contribution in [0.1, 0.15) is 0 Å². The molecule has 0 saturated heterocycles. The molecular weight excluding hydrogens is 180 g/mol. The van der Waals surface area contributed by atoms with Gasteiger partial charge in [-0.2, -0.15) is 0 Å². The highest BCUT2D eigenvalue weighted by Crippen LogP contribution is 2.19. The summed E-state index contributed by atoms with van der Waals surface area (Å²) in [6.07, 6.45) is 0. The quantitative estimate of drug-likeness (QED) is 0.589. The first kappa shape index (κ1) is 10.4. The lowest BCUT2D eigenvalue weighted by Crippen LogP contribution is -2.14. The van der Waals surface area contributed by atoms with Crippen molar-refractivity contribution < 1.29 is 0 Å². The maximum Gasteiger partial charge on any atom is 0.0325 e. The molecular formula is C10H16N2S. The van der Waals surface area contributed by atoms with Crippen molar-refractivity contribution in [1.29, 1.82) is 0 Å². The fraction of sp³-hybridized carbons (Fsp3) is 0.400. The predicted octanol–water partition coefficient (Wildman–Crippen LogP) is 1.92. The largest absolute Gasteiger partial charge is 0.399 e. The van der Waals surface area contributed by atoms with Gasteiger partial charge in [0.05, 0.1) is 0 Å². The van der Waals surface area contributed by atoms with E-state index < -0.39 is 0 Å². The molecule has 0 radical (unpaired) electrons. The summed E-state index contributed by atoms with van der Waals surface area (Å²) in [5, 5.41) is 0. The minimum absolute atomic E-state index is 0.842. The molecule has 0 saturated carbocycles. The van der Waals surface area contributed by atoms with Crippen LogP contribution in [0.3, 0.4) is 0 Å². The highest BCUT2D eigenvalue weighted by molar-refractivity contribution is 7.99. The molecule has 3 heteroatoms. The van der Waals surface area contributed by atoms with Crippen LogP contribution in [0.25, 0.3) is 0 Å². The molecule has 13 heavy (non-hydrogen) atoms. The molecule has 0 aliphatic heterocycles. The Morgan fingerprint density at radius 3 is 2.77 bits per heavy atom. The SMILES string of the molecule is CN(C)CCSc1cccc(N)c1. The van der Waals surface area contributed by atoms with Gasteiger partial charge in [-0.25, -0.2) is 0 Å². The zero-order valence-corrected chi connectivity index (χ0v) is 8.97. The van der Waals surface area contributed by atoms with Gasteiger partial charge in [0.25, 0.3) is 0 Å². The first-order chi connectivity index (χ1) is 6.18. The van der Waals surface area contributed by atoms with E-state index in [-0.39, 0.29) is 0 Å². The molecule has 1 aromatic rings. The summed E-state index contributed by atoms with van der Waals surface area (Å²) < 4.78 is 0. The van der Waals surface area contributed by atoms with Crippen molar-refractivity contribution in [3.63, 3.8) is 0 Å². The number of nitrogen functional groups attached to an aromatic ring is 1. The van der Waals surface area contributed by atoms with E-state index in [4.69, 9.17) is 5.73 Å². The van der Waals surface area contributed by atoms with Gasteiger partial charge in [0.1, 0.15) is 0 Å². The Labute approximate surface area is 84.1 Å². The molecule has 1 rings (SSSR count). The van der Waals surface area contributed by atoms with Gasteiger partial charge in [-0.3, -0.25) is 0 Å². The Balaban J connectivity index is 2.37. The van der Waals surface area contributed by atoms with Crippen LogP contribution in [0.4, 0.5) is 5.69 Å². The number of rotatable bonds is 4. The third kappa shape index (κ3) is 4.20. The normalized spacial score (nSPS) is 10.7. The van der Waals surface area contributed by atoms with Crippen molar-refractivity contribution in [2.75, 3.05) is 32.1 Å². The van der Waals surface area contributed by atoms with Crippen molar-refractivity contribution in [2.24, 2.45) is 0 Å². The van der Waals surface area contributed by atoms with Crippen LogP contribution in [0, 0.1) is 0 Å². The molecule has 1 aromatic carbocycles. The number of hydrogen-bond donors (Lipinski definition) is 1. The average molecular weight is 196 g/mol. The number of benzene rings is 1. The molecule has 0 bridgehead atoms. The highest BCUT2D eigenvalue weighted by atomic mass is 32.2. The average Bonchev–Trinajstić information content (AvgIpc) is 2.03. The third-order valence-corrected chi connectivity index (χ3v) is 2.64. The number of nitrogens with two attached hydrogens (primary N) is 1. The second-order valence-corrected chi connectivity index (χ2v) is 4.39. The smallest absolute Gasteiger partial charge is 0.0325 e. The topological polar surface area (TPSA) is 29.3 Å². The first-order valence-corrected chi connectivity index (χ1v) is 5.30. The van der Waals surface area contributed by atoms with Crippen LogP contribution in [0.2, 0.25) is 0 Å². The number of anilines is 1. The predicted molar refractivity (Wildman–Crippen MR) is 60.1 cm³/mol. The highest BCUT2D eigenvalue weighted by Gasteiger charge is 1.95. The van der Waals surface area contributed by atoms with Gasteiger partial charge in [-0.15, -0.1) is 11.8 Å². The van der Waals surface area contributed by atoms with Crippen LogP contribution in [-0.4, -0.2) is 31.3 Å². The van der Waals surface area contributed by atoms with Crippen molar-refractivity contribution in [2.45, 2.75) is 4.90 Å². The maximum atomic E-state index is 5.67. The van der Waals surface area contributed by atoms with Gasteiger partial charge in [-0.1, -0.05) is 6.07 Å². The minimum atomic E-state index is 0.842. The van der Waals surface area contributed by atoms with Crippen molar-refractivity contribution in [1.82, 2.24) is 4.90 Å². The van der Waals surface area contributed by atoms with E-state index in [2.05, 4.69) is 25.1 Å². The monoisotopic (exact) mass is 196 g/mol. The van der Waals surface area contributed by atoms with E-state index in [9.17, 15) is 0 Å². The summed E-state index contributed by atoms with van der Waals surface area (Å²) in [6, 6.07) is 8.01. The number of thioether (sulfide) groups is 1. The van der Waals surface area contributed by atoms with E-state index in [0.29, 0.717) is 0 Å². The molecule has 2 nitrogen and oxygen atoms in total. The summed E-state index contributed by atoms with van der Waals surface area (Å²) in [4.78, 5) is 3.43. The molecule has 0 aliphatic carbocycles. The van der Waals surface area contributed by atoms with Crippen LogP contribution in [-0.2, 0) is 0 Å². The third-order valence-electron chi connectivity index (χ3n) is 1.67. The second kappa shape index (κ2) is 5.14. The molecule has 0 heterocycles. The summed E-state index contributed by atoms with van der Waals surface area (Å²) in [5.41, 5.74) is 6.51. The molecule has 72 valence electrons. The van der Waals surface area contributed by atoms with E-state index >= 15 is 0 Å². The van der Waals surface area contributed by atoms with E-state index in [0.717, 1.165) is 18.0 Å². The first-order valence-electron chi connectivity index (χ1n) is 4.31. The molecule has 0 amide bonds. The van der Waals surface area contributed by atoms with Crippen LogP contribution in [0.5, 0.6) is 0 Å². The molecule has 0 atom stereocenters. The molecule has 0 fully saturated rings. The van der Waals surface area contributed by atoms with Gasteiger partial charge >= 0.3 is 0 Å². The van der Waals surface area contributed by atoms with E-state index in [1.807, 2.05) is 30.0 Å². The van der Waals surface area contributed by atoms with Crippen LogP contribution >= 0.6 is 11.8 Å². The van der Waals surface area contributed by atoms with Crippen LogP contribution < -0.4 is 5.73 Å². The van der Waals surface area contributed by atoms with Gasteiger partial charge in [0.15, 0.2) is 0 Å². The van der Waals surface area contributed by atoms with Crippen molar-refractivity contribution in [3.8, 4) is 0 Å². The zero-order chi connectivity index (χ0) is 9.68. The lowest BCUT2D eigenvalue weighted by atomic mass is 10.3. The molecule has 0 spiro atoms. The van der Waals surface area contributed by atoms with Gasteiger partial charge in [-0.05, 0) is 32.3 Å². The summed E-state index contributed by atoms with van der Waals surface area (Å²) in [6.45, 7) is 1.10. The van der Waals surface area contributed by atoms with Crippen LogP contribution in [0.15, 0.2) is 29.2 Å². The Morgan fingerprint density at radius 2 is 2.15 bits per heavy atom. The molecule has 0 aliphatic rings. The zero-order valence-electron chi connectivity index (χ0n) is 8.16. The summed E-state index contributed by atoms with van der Waals surface area (Å²) >= 11 is 1.84. The Morgan fingerprint density at radius 1 is 1.38 bits per heavy atom. The summed E-state index contributed by atoms with van der Waals surface area (Å²) in [7, 11) is 4.17. The van der Waals surface area contributed by atoms with Crippen molar-refractivity contribution >= 4 is 17.4 Å². The standard InChI is InChI=1S/C10H16N2S/c1-12(2)6-7-13-10-5-3-4-9(11)8-10/h3-5,8H,6-7,11H2,1-2H3. The van der Waals surface area contributed by atoms with E-state index in [1.54, 1.807) is 0 Å². The second-order valence-electron chi connectivity index (χ2n) is 3.22. The van der Waals surface area contributed by atoms with Crippen molar-refractivity contribution in [3.05, 3.63) is 24.3 Å². The Bertz CT molecular complexity index is 261. The minimum Gasteiger partial charge on any atom is -0.399 e. The maximum absolute atomic E-state index is 5.67. The molecule has 0 aromatic heterocycles. The number of hydrogen-bond acceptors (Lipinski definition) is 3. The summed E-state index contributed by atoms with van der Waals surface area (Å²) in [5.74, 6) is 1.11. The number of nitrogens with zero attached hydrogens (tertiary/aromatic N) is 1. The van der Waals surface area contributed by atoms with E-state index in [1.165, 1.54) is 4.90 Å². The lowest BCUT2D eigenvalue weighted by molar-refractivity contribution is 0.437. The fourth-order valence-electron chi connectivity index (χ4n) is 0.950. The van der Waals surface area contributed by atoms with Gasteiger partial charge in [0.2, 0.25) is 0 Å².